The second-order valence-corrected chi connectivity index (χ2v) is 5.15. The molecule has 0 N–H and O–H groups in total. The third-order valence-electron chi connectivity index (χ3n) is 2.19. The minimum absolute atomic E-state index is 0.688. The molecule has 1 rings (SSSR count). The van der Waals surface area contributed by atoms with Crippen LogP contribution < -0.4 is 9.47 Å². The van der Waals surface area contributed by atoms with Gasteiger partial charge in [-0.3, -0.25) is 0 Å². The van der Waals surface area contributed by atoms with E-state index in [0.717, 1.165) is 24.6 Å². The van der Waals surface area contributed by atoms with Crippen LogP contribution in [0.15, 0.2) is 10.8 Å². The standard InChI is InChI=1S/C12H22N2O2S/c1-13(2)5-7-15-11-9-17-10-12(11)16-8-6-14(3)4/h9-10H,5-8H2,1-4H3. The summed E-state index contributed by atoms with van der Waals surface area (Å²) in [6.07, 6.45) is 0. The van der Waals surface area contributed by atoms with Crippen LogP contribution in [-0.4, -0.2) is 64.3 Å². The Balaban J connectivity index is 2.32. The van der Waals surface area contributed by atoms with Crippen molar-refractivity contribution in [3.8, 4) is 11.5 Å². The predicted octanol–water partition coefficient (Wildman–Crippen LogP) is 1.63. The lowest BCUT2D eigenvalue weighted by Gasteiger charge is -2.13. The molecular weight excluding hydrogens is 236 g/mol. The summed E-state index contributed by atoms with van der Waals surface area (Å²) >= 11 is 1.61. The van der Waals surface area contributed by atoms with Crippen LogP contribution in [0.2, 0.25) is 0 Å². The smallest absolute Gasteiger partial charge is 0.171 e. The summed E-state index contributed by atoms with van der Waals surface area (Å²) in [5.74, 6) is 1.71. The van der Waals surface area contributed by atoms with Crippen molar-refractivity contribution >= 4 is 11.3 Å². The molecule has 0 radical (unpaired) electrons. The van der Waals surface area contributed by atoms with Crippen LogP contribution >= 0.6 is 11.3 Å². The average molecular weight is 258 g/mol. The molecule has 1 aromatic rings. The Kier molecular flexibility index (Phi) is 6.32. The molecule has 0 unspecified atom stereocenters. The molecule has 0 atom stereocenters. The van der Waals surface area contributed by atoms with E-state index in [-0.39, 0.29) is 0 Å². The van der Waals surface area contributed by atoms with Gasteiger partial charge in [0.1, 0.15) is 13.2 Å². The van der Waals surface area contributed by atoms with Gasteiger partial charge in [0, 0.05) is 23.8 Å². The minimum atomic E-state index is 0.688. The van der Waals surface area contributed by atoms with Crippen molar-refractivity contribution in [1.29, 1.82) is 0 Å². The third-order valence-corrected chi connectivity index (χ3v) is 2.89. The zero-order chi connectivity index (χ0) is 12.7. The maximum Gasteiger partial charge on any atom is 0.171 e. The average Bonchev–Trinajstić information content (AvgIpc) is 2.65. The van der Waals surface area contributed by atoms with E-state index in [2.05, 4.69) is 9.80 Å². The molecule has 4 nitrogen and oxygen atoms in total. The van der Waals surface area contributed by atoms with Gasteiger partial charge in [0.2, 0.25) is 0 Å². The van der Waals surface area contributed by atoms with Crippen molar-refractivity contribution in [3.63, 3.8) is 0 Å². The molecule has 1 heterocycles. The summed E-state index contributed by atoms with van der Waals surface area (Å²) in [5, 5.41) is 3.97. The van der Waals surface area contributed by atoms with Gasteiger partial charge in [-0.1, -0.05) is 0 Å². The normalized spacial score (nSPS) is 11.2. The van der Waals surface area contributed by atoms with Crippen molar-refractivity contribution in [1.82, 2.24) is 9.80 Å². The van der Waals surface area contributed by atoms with Gasteiger partial charge in [-0.15, -0.1) is 11.3 Å². The Labute approximate surface area is 108 Å². The first kappa shape index (κ1) is 14.3. The molecule has 0 spiro atoms. The fourth-order valence-electron chi connectivity index (χ4n) is 1.16. The van der Waals surface area contributed by atoms with Crippen molar-refractivity contribution < 1.29 is 9.47 Å². The number of likely N-dealkylation sites (N-methyl/N-ethyl adjacent to an activating group) is 2. The van der Waals surface area contributed by atoms with Crippen LogP contribution in [0.5, 0.6) is 11.5 Å². The molecule has 0 saturated carbocycles. The molecule has 0 saturated heterocycles. The summed E-state index contributed by atoms with van der Waals surface area (Å²) in [6, 6.07) is 0. The van der Waals surface area contributed by atoms with E-state index < -0.39 is 0 Å². The fraction of sp³-hybridized carbons (Fsp3) is 0.667. The second-order valence-electron chi connectivity index (χ2n) is 4.40. The first-order valence-electron chi connectivity index (χ1n) is 5.71. The summed E-state index contributed by atoms with van der Waals surface area (Å²) < 4.78 is 11.4. The minimum Gasteiger partial charge on any atom is -0.487 e. The van der Waals surface area contributed by atoms with Gasteiger partial charge < -0.3 is 19.3 Å². The molecule has 0 aliphatic rings. The first-order valence-corrected chi connectivity index (χ1v) is 6.65. The highest BCUT2D eigenvalue weighted by Gasteiger charge is 2.06. The fourth-order valence-corrected chi connectivity index (χ4v) is 1.84. The monoisotopic (exact) mass is 258 g/mol. The first-order chi connectivity index (χ1) is 8.09. The summed E-state index contributed by atoms with van der Waals surface area (Å²) in [5.41, 5.74) is 0. The molecule has 5 heteroatoms. The summed E-state index contributed by atoms with van der Waals surface area (Å²) in [6.45, 7) is 3.20. The highest BCUT2D eigenvalue weighted by molar-refractivity contribution is 7.08. The molecule has 1 aromatic heterocycles. The molecule has 98 valence electrons. The Bertz CT molecular complexity index is 285. The molecule has 0 bridgehead atoms. The molecule has 17 heavy (non-hydrogen) atoms. The second kappa shape index (κ2) is 7.53. The van der Waals surface area contributed by atoms with E-state index in [1.807, 2.05) is 39.0 Å². The number of hydrogen-bond donors (Lipinski definition) is 0. The van der Waals surface area contributed by atoms with Crippen LogP contribution in [0.3, 0.4) is 0 Å². The number of thiophene rings is 1. The third kappa shape index (κ3) is 5.91. The maximum atomic E-state index is 5.68. The maximum absolute atomic E-state index is 5.68. The van der Waals surface area contributed by atoms with E-state index in [4.69, 9.17) is 9.47 Å². The van der Waals surface area contributed by atoms with Crippen molar-refractivity contribution in [3.05, 3.63) is 10.8 Å². The summed E-state index contributed by atoms with van der Waals surface area (Å²) in [4.78, 5) is 4.19. The highest BCUT2D eigenvalue weighted by atomic mass is 32.1. The number of hydrogen-bond acceptors (Lipinski definition) is 5. The Morgan fingerprint density at radius 2 is 1.29 bits per heavy atom. The molecule has 0 fully saturated rings. The molecule has 0 amide bonds. The van der Waals surface area contributed by atoms with Gasteiger partial charge in [0.05, 0.1) is 0 Å². The zero-order valence-electron chi connectivity index (χ0n) is 11.1. The van der Waals surface area contributed by atoms with Crippen LogP contribution in [-0.2, 0) is 0 Å². The van der Waals surface area contributed by atoms with Gasteiger partial charge in [-0.2, -0.15) is 0 Å². The molecule has 0 aliphatic heterocycles. The van der Waals surface area contributed by atoms with Crippen molar-refractivity contribution in [2.24, 2.45) is 0 Å². The lowest BCUT2D eigenvalue weighted by atomic mass is 10.5. The van der Waals surface area contributed by atoms with Crippen LogP contribution in [0.25, 0.3) is 0 Å². The molecule has 0 aromatic carbocycles. The van der Waals surface area contributed by atoms with Gasteiger partial charge in [0.15, 0.2) is 11.5 Å². The lowest BCUT2D eigenvalue weighted by molar-refractivity contribution is 0.229. The van der Waals surface area contributed by atoms with E-state index in [1.54, 1.807) is 11.3 Å². The van der Waals surface area contributed by atoms with Gasteiger partial charge in [-0.25, -0.2) is 0 Å². The van der Waals surface area contributed by atoms with Crippen molar-refractivity contribution in [2.45, 2.75) is 0 Å². The number of rotatable bonds is 8. The predicted molar refractivity (Wildman–Crippen MR) is 72.4 cm³/mol. The zero-order valence-corrected chi connectivity index (χ0v) is 11.9. The van der Waals surface area contributed by atoms with Gasteiger partial charge >= 0.3 is 0 Å². The highest BCUT2D eigenvalue weighted by Crippen LogP contribution is 2.31. The SMILES string of the molecule is CN(C)CCOc1cscc1OCCN(C)C. The van der Waals surface area contributed by atoms with E-state index in [9.17, 15) is 0 Å². The van der Waals surface area contributed by atoms with Crippen LogP contribution in [0.1, 0.15) is 0 Å². The lowest BCUT2D eigenvalue weighted by Crippen LogP contribution is -2.20. The van der Waals surface area contributed by atoms with Crippen LogP contribution in [0, 0.1) is 0 Å². The van der Waals surface area contributed by atoms with Crippen LogP contribution in [0.4, 0.5) is 0 Å². The number of ether oxygens (including phenoxy) is 2. The van der Waals surface area contributed by atoms with E-state index in [1.165, 1.54) is 0 Å². The molecule has 0 aliphatic carbocycles. The van der Waals surface area contributed by atoms with Crippen molar-refractivity contribution in [2.75, 3.05) is 54.5 Å². The Morgan fingerprint density at radius 1 is 0.882 bits per heavy atom. The van der Waals surface area contributed by atoms with Gasteiger partial charge in [0.25, 0.3) is 0 Å². The topological polar surface area (TPSA) is 24.9 Å². The van der Waals surface area contributed by atoms with Gasteiger partial charge in [-0.05, 0) is 28.2 Å². The largest absolute Gasteiger partial charge is 0.487 e. The summed E-state index contributed by atoms with van der Waals surface area (Å²) in [7, 11) is 8.13. The molecular formula is C12H22N2O2S. The van der Waals surface area contributed by atoms with E-state index >= 15 is 0 Å². The Hall–Kier alpha value is -0.780. The quantitative estimate of drug-likeness (QED) is 0.707. The number of nitrogens with zero attached hydrogens (tertiary/aromatic N) is 2. The van der Waals surface area contributed by atoms with E-state index in [0.29, 0.717) is 13.2 Å². The Morgan fingerprint density at radius 3 is 1.65 bits per heavy atom.